The number of hydrogen-bond donors (Lipinski definition) is 3. The van der Waals surface area contributed by atoms with Crippen LogP contribution in [0.1, 0.15) is 32.7 Å². The molecule has 2 rings (SSSR count). The van der Waals surface area contributed by atoms with Crippen LogP contribution in [0.2, 0.25) is 0 Å². The van der Waals surface area contributed by atoms with Gasteiger partial charge in [0.1, 0.15) is 0 Å². The van der Waals surface area contributed by atoms with E-state index in [9.17, 15) is 14.4 Å². The lowest BCUT2D eigenvalue weighted by Crippen LogP contribution is -2.42. The van der Waals surface area contributed by atoms with Crippen LogP contribution in [0.3, 0.4) is 0 Å². The van der Waals surface area contributed by atoms with Crippen LogP contribution < -0.4 is 16.2 Å². The highest BCUT2D eigenvalue weighted by atomic mass is 16.2. The van der Waals surface area contributed by atoms with Gasteiger partial charge in [-0.25, -0.2) is 0 Å². The third kappa shape index (κ3) is 4.95. The topological polar surface area (TPSA) is 87.3 Å². The summed E-state index contributed by atoms with van der Waals surface area (Å²) in [7, 11) is 0. The van der Waals surface area contributed by atoms with E-state index in [0.29, 0.717) is 11.1 Å². The fourth-order valence-electron chi connectivity index (χ4n) is 2.06. The molecule has 2 aromatic rings. The van der Waals surface area contributed by atoms with Gasteiger partial charge in [0.25, 0.3) is 11.8 Å². The average molecular weight is 325 g/mol. The van der Waals surface area contributed by atoms with E-state index in [1.165, 1.54) is 0 Å². The third-order valence-corrected chi connectivity index (χ3v) is 3.38. The molecule has 0 aliphatic carbocycles. The Kier molecular flexibility index (Phi) is 6.08. The van der Waals surface area contributed by atoms with Crippen LogP contribution in [0.5, 0.6) is 0 Å². The molecular weight excluding hydrogens is 306 g/mol. The Labute approximate surface area is 140 Å². The van der Waals surface area contributed by atoms with Gasteiger partial charge in [-0.05, 0) is 30.7 Å². The molecule has 3 N–H and O–H groups in total. The molecular formula is C18H19N3O3. The summed E-state index contributed by atoms with van der Waals surface area (Å²) in [4.78, 5) is 35.4. The molecule has 0 aliphatic rings. The fourth-order valence-corrected chi connectivity index (χ4v) is 2.06. The lowest BCUT2D eigenvalue weighted by atomic mass is 10.1. The summed E-state index contributed by atoms with van der Waals surface area (Å²) in [6, 6.07) is 15.8. The number of carbonyl (C=O) groups excluding carboxylic acids is 3. The quantitative estimate of drug-likeness (QED) is 0.729. The van der Waals surface area contributed by atoms with Crippen LogP contribution in [-0.2, 0) is 4.79 Å². The molecule has 6 heteroatoms. The minimum atomic E-state index is -0.395. The Morgan fingerprint density at radius 3 is 2.21 bits per heavy atom. The van der Waals surface area contributed by atoms with E-state index < -0.39 is 5.91 Å². The van der Waals surface area contributed by atoms with Gasteiger partial charge in [0.05, 0.1) is 0 Å². The largest absolute Gasteiger partial charge is 0.352 e. The van der Waals surface area contributed by atoms with Crippen LogP contribution in [0.4, 0.5) is 0 Å². The lowest BCUT2D eigenvalue weighted by molar-refractivity contribution is -0.121. The second-order valence-corrected chi connectivity index (χ2v) is 5.19. The summed E-state index contributed by atoms with van der Waals surface area (Å²) >= 11 is 0. The van der Waals surface area contributed by atoms with Gasteiger partial charge in [-0.3, -0.25) is 25.2 Å². The van der Waals surface area contributed by atoms with E-state index in [0.717, 1.165) is 5.56 Å². The molecule has 0 aromatic heterocycles. The molecule has 0 spiro atoms. The van der Waals surface area contributed by atoms with Crippen molar-refractivity contribution >= 4 is 17.7 Å². The van der Waals surface area contributed by atoms with Crippen molar-refractivity contribution in [3.63, 3.8) is 0 Å². The summed E-state index contributed by atoms with van der Waals surface area (Å²) in [6.07, 6.45) is 0.0622. The number of hydrogen-bond acceptors (Lipinski definition) is 3. The van der Waals surface area contributed by atoms with E-state index in [1.807, 2.05) is 19.1 Å². The van der Waals surface area contributed by atoms with Crippen molar-refractivity contribution in [1.82, 2.24) is 16.2 Å². The summed E-state index contributed by atoms with van der Waals surface area (Å²) in [6.45, 7) is 2.03. The molecule has 24 heavy (non-hydrogen) atoms. The smallest absolute Gasteiger partial charge is 0.269 e. The number of rotatable bonds is 5. The number of amides is 3. The summed E-state index contributed by atoms with van der Waals surface area (Å²) < 4.78 is 0. The van der Waals surface area contributed by atoms with Crippen molar-refractivity contribution in [2.75, 3.05) is 6.54 Å². The van der Waals surface area contributed by atoms with Crippen molar-refractivity contribution in [3.8, 4) is 0 Å². The van der Waals surface area contributed by atoms with E-state index in [4.69, 9.17) is 0 Å². The van der Waals surface area contributed by atoms with Gasteiger partial charge in [-0.15, -0.1) is 0 Å². The van der Waals surface area contributed by atoms with E-state index in [2.05, 4.69) is 16.2 Å². The number of aryl methyl sites for hydroxylation is 1. The molecule has 2 aromatic carbocycles. The van der Waals surface area contributed by atoms with Crippen LogP contribution in [0.25, 0.3) is 0 Å². The van der Waals surface area contributed by atoms with Gasteiger partial charge in [0.15, 0.2) is 0 Å². The molecule has 0 radical (unpaired) electrons. The molecule has 3 amide bonds. The Morgan fingerprint density at radius 2 is 1.50 bits per heavy atom. The highest BCUT2D eigenvalue weighted by molar-refractivity contribution is 5.96. The van der Waals surface area contributed by atoms with E-state index >= 15 is 0 Å². The molecule has 0 heterocycles. The summed E-state index contributed by atoms with van der Waals surface area (Å²) in [5.74, 6) is -1.01. The maximum absolute atomic E-state index is 12.0. The minimum Gasteiger partial charge on any atom is -0.352 e. The maximum Gasteiger partial charge on any atom is 0.269 e. The molecule has 0 unspecified atom stereocenters. The second-order valence-electron chi connectivity index (χ2n) is 5.19. The van der Waals surface area contributed by atoms with E-state index in [1.54, 1.807) is 42.5 Å². The molecule has 6 nitrogen and oxygen atoms in total. The van der Waals surface area contributed by atoms with Crippen LogP contribution >= 0.6 is 0 Å². The van der Waals surface area contributed by atoms with Gasteiger partial charge in [-0.1, -0.05) is 36.4 Å². The fraction of sp³-hybridized carbons (Fsp3) is 0.167. The second kappa shape index (κ2) is 8.47. The Balaban J connectivity index is 1.71. The van der Waals surface area contributed by atoms with Gasteiger partial charge in [0.2, 0.25) is 5.91 Å². The zero-order valence-electron chi connectivity index (χ0n) is 13.3. The van der Waals surface area contributed by atoms with Crippen LogP contribution in [0.15, 0.2) is 54.6 Å². The predicted molar refractivity (Wildman–Crippen MR) is 90.2 cm³/mol. The van der Waals surface area contributed by atoms with Gasteiger partial charge in [0, 0.05) is 24.1 Å². The molecule has 0 atom stereocenters. The zero-order chi connectivity index (χ0) is 17.4. The number of nitrogens with one attached hydrogen (secondary N) is 3. The van der Waals surface area contributed by atoms with Crippen molar-refractivity contribution in [2.45, 2.75) is 13.3 Å². The molecule has 0 saturated carbocycles. The first-order valence-electron chi connectivity index (χ1n) is 7.56. The highest BCUT2D eigenvalue weighted by Crippen LogP contribution is 2.06. The first-order chi connectivity index (χ1) is 11.6. The maximum atomic E-state index is 12.0. The van der Waals surface area contributed by atoms with Crippen LogP contribution in [0, 0.1) is 6.92 Å². The Morgan fingerprint density at radius 1 is 0.833 bits per heavy atom. The molecule has 0 aliphatic heterocycles. The third-order valence-electron chi connectivity index (χ3n) is 3.38. The number of hydrazine groups is 1. The SMILES string of the molecule is Cc1ccccc1C(=O)NCCC(=O)NNC(=O)c1ccccc1. The van der Waals surface area contributed by atoms with Crippen LogP contribution in [-0.4, -0.2) is 24.3 Å². The van der Waals surface area contributed by atoms with Gasteiger partial charge in [-0.2, -0.15) is 0 Å². The first-order valence-corrected chi connectivity index (χ1v) is 7.56. The highest BCUT2D eigenvalue weighted by Gasteiger charge is 2.09. The zero-order valence-corrected chi connectivity index (χ0v) is 13.3. The molecule has 0 fully saturated rings. The van der Waals surface area contributed by atoms with Gasteiger partial charge < -0.3 is 5.32 Å². The van der Waals surface area contributed by atoms with Crippen molar-refractivity contribution in [3.05, 3.63) is 71.3 Å². The van der Waals surface area contributed by atoms with Gasteiger partial charge >= 0.3 is 0 Å². The summed E-state index contributed by atoms with van der Waals surface area (Å²) in [5.41, 5.74) is 6.54. The van der Waals surface area contributed by atoms with Crippen molar-refractivity contribution < 1.29 is 14.4 Å². The van der Waals surface area contributed by atoms with E-state index in [-0.39, 0.29) is 24.8 Å². The minimum absolute atomic E-state index is 0.0622. The Hall–Kier alpha value is -3.15. The molecule has 0 bridgehead atoms. The lowest BCUT2D eigenvalue weighted by Gasteiger charge is -2.09. The van der Waals surface area contributed by atoms with Crippen molar-refractivity contribution in [2.24, 2.45) is 0 Å². The summed E-state index contributed by atoms with van der Waals surface area (Å²) in [5, 5.41) is 2.68. The normalized spacial score (nSPS) is 9.88. The predicted octanol–water partition coefficient (Wildman–Crippen LogP) is 1.58. The molecule has 124 valence electrons. The standard InChI is InChI=1S/C18H19N3O3/c1-13-7-5-6-10-15(13)18(24)19-12-11-16(22)20-21-17(23)14-8-3-2-4-9-14/h2-10H,11-12H2,1H3,(H,19,24)(H,20,22)(H,21,23). The molecule has 0 saturated heterocycles. The first kappa shape index (κ1) is 17.2. The monoisotopic (exact) mass is 325 g/mol. The number of carbonyl (C=O) groups is 3. The number of benzene rings is 2. The van der Waals surface area contributed by atoms with Crippen molar-refractivity contribution in [1.29, 1.82) is 0 Å². The average Bonchev–Trinajstić information content (AvgIpc) is 2.60. The Bertz CT molecular complexity index is 729.